The van der Waals surface area contributed by atoms with Gasteiger partial charge in [0.25, 0.3) is 0 Å². The van der Waals surface area contributed by atoms with Crippen LogP contribution in [-0.4, -0.2) is 14.5 Å². The van der Waals surface area contributed by atoms with Gasteiger partial charge in [-0.25, -0.2) is 4.98 Å². The molecule has 2 aromatic rings. The predicted octanol–water partition coefficient (Wildman–Crippen LogP) is 2.87. The zero-order chi connectivity index (χ0) is 11.7. The van der Waals surface area contributed by atoms with E-state index in [9.17, 15) is 0 Å². The Morgan fingerprint density at radius 1 is 1.29 bits per heavy atom. The maximum Gasteiger partial charge on any atom is 0.137 e. The van der Waals surface area contributed by atoms with E-state index in [1.807, 2.05) is 18.3 Å². The lowest BCUT2D eigenvalue weighted by Gasteiger charge is -2.19. The molecule has 0 radical (unpaired) electrons. The Morgan fingerprint density at radius 2 is 2.12 bits per heavy atom. The van der Waals surface area contributed by atoms with Crippen molar-refractivity contribution in [2.45, 2.75) is 44.6 Å². The van der Waals surface area contributed by atoms with Crippen LogP contribution in [0.2, 0.25) is 0 Å². The fraction of sp³-hybridized carbons (Fsp3) is 0.500. The lowest BCUT2D eigenvalue weighted by molar-refractivity contribution is 0.282. The van der Waals surface area contributed by atoms with E-state index in [0.29, 0.717) is 5.92 Å². The van der Waals surface area contributed by atoms with Crippen molar-refractivity contribution in [2.75, 3.05) is 0 Å². The van der Waals surface area contributed by atoms with Gasteiger partial charge in [-0.05, 0) is 30.5 Å². The van der Waals surface area contributed by atoms with Gasteiger partial charge in [0.05, 0.1) is 12.3 Å². The van der Waals surface area contributed by atoms with Crippen molar-refractivity contribution in [3.05, 3.63) is 35.8 Å². The summed E-state index contributed by atoms with van der Waals surface area (Å²) in [5, 5.41) is 9.12. The molecule has 0 unspecified atom stereocenters. The first-order valence-corrected chi connectivity index (χ1v) is 6.45. The third-order valence-corrected chi connectivity index (χ3v) is 3.75. The Balaban J connectivity index is 1.95. The molecule has 1 saturated carbocycles. The second-order valence-corrected chi connectivity index (χ2v) is 4.96. The summed E-state index contributed by atoms with van der Waals surface area (Å²) in [4.78, 5) is 4.70. The van der Waals surface area contributed by atoms with Crippen LogP contribution in [0.1, 0.15) is 49.3 Å². The summed E-state index contributed by atoms with van der Waals surface area (Å²) < 4.78 is 2.06. The normalized spacial score (nSPS) is 17.7. The van der Waals surface area contributed by atoms with E-state index >= 15 is 0 Å². The molecule has 3 heteroatoms. The molecule has 3 rings (SSSR count). The SMILES string of the molecule is OCc1ccn2cc(C3CCCCC3)nc2c1. The Labute approximate surface area is 101 Å². The lowest BCUT2D eigenvalue weighted by Crippen LogP contribution is -2.04. The molecule has 0 spiro atoms. The van der Waals surface area contributed by atoms with Crippen LogP contribution in [0.15, 0.2) is 24.5 Å². The van der Waals surface area contributed by atoms with E-state index in [2.05, 4.69) is 10.6 Å². The first kappa shape index (κ1) is 10.8. The van der Waals surface area contributed by atoms with Crippen molar-refractivity contribution in [2.24, 2.45) is 0 Å². The highest BCUT2D eigenvalue weighted by Gasteiger charge is 2.18. The molecule has 0 atom stereocenters. The Kier molecular flexibility index (Phi) is 2.85. The average molecular weight is 230 g/mol. The summed E-state index contributed by atoms with van der Waals surface area (Å²) in [5.41, 5.74) is 3.11. The average Bonchev–Trinajstić information content (AvgIpc) is 2.82. The smallest absolute Gasteiger partial charge is 0.137 e. The van der Waals surface area contributed by atoms with Crippen LogP contribution >= 0.6 is 0 Å². The van der Waals surface area contributed by atoms with Gasteiger partial charge in [-0.1, -0.05) is 19.3 Å². The minimum absolute atomic E-state index is 0.0854. The predicted molar refractivity (Wildman–Crippen MR) is 66.9 cm³/mol. The van der Waals surface area contributed by atoms with Crippen LogP contribution in [0.5, 0.6) is 0 Å². The van der Waals surface area contributed by atoms with E-state index in [4.69, 9.17) is 10.1 Å². The molecular formula is C14H18N2O. The molecule has 17 heavy (non-hydrogen) atoms. The van der Waals surface area contributed by atoms with Crippen LogP contribution in [0.25, 0.3) is 5.65 Å². The molecule has 0 aliphatic heterocycles. The standard InChI is InChI=1S/C14H18N2O/c17-10-11-6-7-16-9-13(15-14(16)8-11)12-4-2-1-3-5-12/h6-9,12,17H,1-5,10H2. The van der Waals surface area contributed by atoms with Crippen molar-refractivity contribution in [1.29, 1.82) is 0 Å². The maximum atomic E-state index is 9.12. The van der Waals surface area contributed by atoms with E-state index in [1.54, 1.807) is 0 Å². The molecule has 1 fully saturated rings. The molecule has 90 valence electrons. The van der Waals surface area contributed by atoms with Crippen molar-refractivity contribution < 1.29 is 5.11 Å². The number of hydrogen-bond donors (Lipinski definition) is 1. The van der Waals surface area contributed by atoms with Gasteiger partial charge < -0.3 is 9.51 Å². The molecule has 0 saturated heterocycles. The molecule has 2 heterocycles. The molecule has 1 N–H and O–H groups in total. The van der Waals surface area contributed by atoms with Gasteiger partial charge in [-0.2, -0.15) is 0 Å². The van der Waals surface area contributed by atoms with Crippen molar-refractivity contribution in [3.63, 3.8) is 0 Å². The molecule has 2 aromatic heterocycles. The number of aliphatic hydroxyl groups excluding tert-OH is 1. The van der Waals surface area contributed by atoms with Gasteiger partial charge in [-0.3, -0.25) is 0 Å². The number of aliphatic hydroxyl groups is 1. The number of rotatable bonds is 2. The number of pyridine rings is 1. The Morgan fingerprint density at radius 3 is 2.88 bits per heavy atom. The Hall–Kier alpha value is -1.35. The van der Waals surface area contributed by atoms with E-state index < -0.39 is 0 Å². The molecule has 0 aromatic carbocycles. The van der Waals surface area contributed by atoms with Gasteiger partial charge in [0.2, 0.25) is 0 Å². The summed E-state index contributed by atoms with van der Waals surface area (Å²) >= 11 is 0. The number of aromatic nitrogens is 2. The summed E-state index contributed by atoms with van der Waals surface area (Å²) in [7, 11) is 0. The zero-order valence-electron chi connectivity index (χ0n) is 9.97. The van der Waals surface area contributed by atoms with Crippen molar-refractivity contribution in [3.8, 4) is 0 Å². The number of imidazole rings is 1. The second kappa shape index (κ2) is 4.49. The van der Waals surface area contributed by atoms with Crippen LogP contribution in [0.4, 0.5) is 0 Å². The summed E-state index contributed by atoms with van der Waals surface area (Å²) in [5.74, 6) is 0.640. The van der Waals surface area contributed by atoms with E-state index in [-0.39, 0.29) is 6.61 Å². The monoisotopic (exact) mass is 230 g/mol. The molecule has 1 aliphatic rings. The van der Waals surface area contributed by atoms with Gasteiger partial charge >= 0.3 is 0 Å². The minimum atomic E-state index is 0.0854. The molecular weight excluding hydrogens is 212 g/mol. The first-order chi connectivity index (χ1) is 8.36. The maximum absolute atomic E-state index is 9.12. The highest BCUT2D eigenvalue weighted by atomic mass is 16.3. The fourth-order valence-electron chi connectivity index (χ4n) is 2.74. The topological polar surface area (TPSA) is 37.5 Å². The molecule has 1 aliphatic carbocycles. The quantitative estimate of drug-likeness (QED) is 0.861. The lowest BCUT2D eigenvalue weighted by atomic mass is 9.87. The van der Waals surface area contributed by atoms with Crippen molar-refractivity contribution in [1.82, 2.24) is 9.38 Å². The Bertz CT molecular complexity index is 512. The van der Waals surface area contributed by atoms with Crippen LogP contribution in [-0.2, 0) is 6.61 Å². The van der Waals surface area contributed by atoms with Gasteiger partial charge in [-0.15, -0.1) is 0 Å². The molecule has 0 bridgehead atoms. The van der Waals surface area contributed by atoms with Crippen molar-refractivity contribution >= 4 is 5.65 Å². The molecule has 0 amide bonds. The highest BCUT2D eigenvalue weighted by molar-refractivity contribution is 5.43. The van der Waals surface area contributed by atoms with Gasteiger partial charge in [0, 0.05) is 18.3 Å². The second-order valence-electron chi connectivity index (χ2n) is 4.96. The zero-order valence-corrected chi connectivity index (χ0v) is 9.97. The van der Waals surface area contributed by atoms with Crippen LogP contribution in [0.3, 0.4) is 0 Å². The number of nitrogens with zero attached hydrogens (tertiary/aromatic N) is 2. The van der Waals surface area contributed by atoms with E-state index in [1.165, 1.54) is 37.8 Å². The third kappa shape index (κ3) is 2.07. The minimum Gasteiger partial charge on any atom is -0.392 e. The highest BCUT2D eigenvalue weighted by Crippen LogP contribution is 2.32. The van der Waals surface area contributed by atoms with Crippen LogP contribution in [0, 0.1) is 0 Å². The van der Waals surface area contributed by atoms with E-state index in [0.717, 1.165) is 11.2 Å². The number of fused-ring (bicyclic) bond motifs is 1. The van der Waals surface area contributed by atoms with Gasteiger partial charge in [0.15, 0.2) is 0 Å². The third-order valence-electron chi connectivity index (χ3n) is 3.75. The fourth-order valence-corrected chi connectivity index (χ4v) is 2.74. The van der Waals surface area contributed by atoms with Gasteiger partial charge in [0.1, 0.15) is 5.65 Å². The van der Waals surface area contributed by atoms with Crippen LogP contribution < -0.4 is 0 Å². The summed E-state index contributed by atoms with van der Waals surface area (Å²) in [6, 6.07) is 3.91. The molecule has 3 nitrogen and oxygen atoms in total. The number of hydrogen-bond acceptors (Lipinski definition) is 2. The largest absolute Gasteiger partial charge is 0.392 e. The summed E-state index contributed by atoms with van der Waals surface area (Å²) in [6.45, 7) is 0.0854. The first-order valence-electron chi connectivity index (χ1n) is 6.45. The summed E-state index contributed by atoms with van der Waals surface area (Å²) in [6.07, 6.45) is 10.7.